The Balaban J connectivity index is 2.24. The highest BCUT2D eigenvalue weighted by Crippen LogP contribution is 2.22. The molecule has 4 heteroatoms. The molecule has 1 N–H and O–H groups in total. The van der Waals surface area contributed by atoms with Crippen LogP contribution in [-0.2, 0) is 0 Å². The van der Waals surface area contributed by atoms with Gasteiger partial charge < -0.3 is 5.32 Å². The van der Waals surface area contributed by atoms with Crippen molar-refractivity contribution in [2.45, 2.75) is 26.7 Å². The summed E-state index contributed by atoms with van der Waals surface area (Å²) < 4.78 is 0. The molecule has 98 valence electrons. The molecule has 1 aromatic heterocycles. The summed E-state index contributed by atoms with van der Waals surface area (Å²) in [6.45, 7) is 6.22. The molecule has 1 aromatic carbocycles. The van der Waals surface area contributed by atoms with E-state index < -0.39 is 0 Å². The van der Waals surface area contributed by atoms with Gasteiger partial charge in [-0.05, 0) is 30.0 Å². The number of aryl methyl sites for hydroxylation is 1. The molecule has 2 aromatic rings. The molecule has 0 spiro atoms. The Morgan fingerprint density at radius 3 is 2.68 bits per heavy atom. The van der Waals surface area contributed by atoms with Gasteiger partial charge in [-0.3, -0.25) is 9.78 Å². The number of hydrogen-bond acceptors (Lipinski definition) is 3. The fraction of sp³-hybridized carbons (Fsp3) is 0.267. The predicted molar refractivity (Wildman–Crippen MR) is 75.3 cm³/mol. The fourth-order valence-electron chi connectivity index (χ4n) is 1.74. The van der Waals surface area contributed by atoms with E-state index in [2.05, 4.69) is 35.2 Å². The quantitative estimate of drug-likeness (QED) is 0.916. The lowest BCUT2D eigenvalue weighted by Crippen LogP contribution is -2.14. The van der Waals surface area contributed by atoms with Crippen LogP contribution in [-0.4, -0.2) is 15.9 Å². The van der Waals surface area contributed by atoms with Crippen molar-refractivity contribution in [3.8, 4) is 0 Å². The van der Waals surface area contributed by atoms with Gasteiger partial charge in [0.25, 0.3) is 5.91 Å². The van der Waals surface area contributed by atoms with Crippen LogP contribution in [0.25, 0.3) is 0 Å². The van der Waals surface area contributed by atoms with Gasteiger partial charge >= 0.3 is 0 Å². The van der Waals surface area contributed by atoms with Crippen LogP contribution in [0.15, 0.2) is 36.8 Å². The Bertz CT molecular complexity index is 579. The summed E-state index contributed by atoms with van der Waals surface area (Å²) in [4.78, 5) is 19.9. The lowest BCUT2D eigenvalue weighted by Gasteiger charge is -2.12. The molecule has 0 unspecified atom stereocenters. The number of anilines is 1. The highest BCUT2D eigenvalue weighted by molar-refractivity contribution is 6.03. The number of amides is 1. The van der Waals surface area contributed by atoms with Crippen molar-refractivity contribution in [1.29, 1.82) is 0 Å². The summed E-state index contributed by atoms with van der Waals surface area (Å²) in [5.41, 5.74) is 3.36. The number of hydrogen-bond donors (Lipinski definition) is 1. The highest BCUT2D eigenvalue weighted by Gasteiger charge is 2.10. The minimum Gasteiger partial charge on any atom is -0.320 e. The average molecular weight is 255 g/mol. The molecule has 1 heterocycles. The van der Waals surface area contributed by atoms with Gasteiger partial charge in [0, 0.05) is 18.1 Å². The maximum Gasteiger partial charge on any atom is 0.275 e. The van der Waals surface area contributed by atoms with Crippen LogP contribution < -0.4 is 5.32 Å². The van der Waals surface area contributed by atoms with E-state index in [0.717, 1.165) is 11.3 Å². The van der Waals surface area contributed by atoms with Gasteiger partial charge in [0.2, 0.25) is 0 Å². The van der Waals surface area contributed by atoms with Crippen LogP contribution in [0.5, 0.6) is 0 Å². The van der Waals surface area contributed by atoms with Crippen LogP contribution in [0.2, 0.25) is 0 Å². The third kappa shape index (κ3) is 3.16. The van der Waals surface area contributed by atoms with E-state index >= 15 is 0 Å². The molecule has 0 atom stereocenters. The Hall–Kier alpha value is -2.23. The molecule has 0 saturated carbocycles. The largest absolute Gasteiger partial charge is 0.320 e. The van der Waals surface area contributed by atoms with Crippen molar-refractivity contribution in [3.63, 3.8) is 0 Å². The van der Waals surface area contributed by atoms with Crippen LogP contribution in [0.1, 0.15) is 41.4 Å². The second-order valence-electron chi connectivity index (χ2n) is 4.77. The lowest BCUT2D eigenvalue weighted by atomic mass is 10.0. The van der Waals surface area contributed by atoms with E-state index in [9.17, 15) is 4.79 Å². The third-order valence-corrected chi connectivity index (χ3v) is 2.97. The normalized spacial score (nSPS) is 10.5. The average Bonchev–Trinajstić information content (AvgIpc) is 2.42. The van der Waals surface area contributed by atoms with Crippen LogP contribution in [0.4, 0.5) is 5.69 Å². The molecule has 0 bridgehead atoms. The molecule has 1 amide bonds. The highest BCUT2D eigenvalue weighted by atomic mass is 16.1. The van der Waals surface area contributed by atoms with Crippen LogP contribution in [0.3, 0.4) is 0 Å². The monoisotopic (exact) mass is 255 g/mol. The van der Waals surface area contributed by atoms with Crippen molar-refractivity contribution >= 4 is 11.6 Å². The molecule has 0 fully saturated rings. The number of carbonyl (C=O) groups excluding carboxylic acids is 1. The van der Waals surface area contributed by atoms with Gasteiger partial charge in [0.05, 0.1) is 6.20 Å². The minimum atomic E-state index is -0.239. The summed E-state index contributed by atoms with van der Waals surface area (Å²) >= 11 is 0. The smallest absolute Gasteiger partial charge is 0.275 e. The van der Waals surface area contributed by atoms with Crippen molar-refractivity contribution in [2.75, 3.05) is 5.32 Å². The third-order valence-electron chi connectivity index (χ3n) is 2.97. The number of nitrogens with zero attached hydrogens (tertiary/aromatic N) is 2. The van der Waals surface area contributed by atoms with Crippen LogP contribution >= 0.6 is 0 Å². The van der Waals surface area contributed by atoms with E-state index in [1.807, 2.05) is 19.1 Å². The van der Waals surface area contributed by atoms with E-state index in [0.29, 0.717) is 11.6 Å². The second kappa shape index (κ2) is 5.61. The standard InChI is InChI=1S/C15H17N3O/c1-10(2)12-5-4-11(3)13(8-12)18-15(19)14-9-16-6-7-17-14/h4-10H,1-3H3,(H,18,19). The van der Waals surface area contributed by atoms with Crippen molar-refractivity contribution < 1.29 is 4.79 Å². The molecule has 0 radical (unpaired) electrons. The Labute approximate surface area is 112 Å². The Morgan fingerprint density at radius 2 is 2.05 bits per heavy atom. The van der Waals surface area contributed by atoms with Gasteiger partial charge in [-0.1, -0.05) is 26.0 Å². The summed E-state index contributed by atoms with van der Waals surface area (Å²) in [6.07, 6.45) is 4.50. The number of carbonyl (C=O) groups is 1. The molecule has 0 saturated heterocycles. The lowest BCUT2D eigenvalue weighted by molar-refractivity contribution is 0.102. The van der Waals surface area contributed by atoms with Crippen molar-refractivity contribution in [2.24, 2.45) is 0 Å². The van der Waals surface area contributed by atoms with E-state index in [1.54, 1.807) is 6.20 Å². The summed E-state index contributed by atoms with van der Waals surface area (Å²) in [5, 5.41) is 2.88. The zero-order chi connectivity index (χ0) is 13.8. The van der Waals surface area contributed by atoms with Gasteiger partial charge in [-0.25, -0.2) is 4.98 Å². The van der Waals surface area contributed by atoms with Crippen molar-refractivity contribution in [1.82, 2.24) is 9.97 Å². The number of aromatic nitrogens is 2. The minimum absolute atomic E-state index is 0.239. The first-order chi connectivity index (χ1) is 9.08. The number of nitrogens with one attached hydrogen (secondary N) is 1. The number of rotatable bonds is 3. The molecule has 0 aliphatic heterocycles. The zero-order valence-electron chi connectivity index (χ0n) is 11.3. The first-order valence-electron chi connectivity index (χ1n) is 6.26. The maximum atomic E-state index is 12.0. The summed E-state index contributed by atoms with van der Waals surface area (Å²) in [5.74, 6) is 0.185. The van der Waals surface area contributed by atoms with E-state index in [4.69, 9.17) is 0 Å². The van der Waals surface area contributed by atoms with Crippen molar-refractivity contribution in [3.05, 3.63) is 53.6 Å². The molecule has 4 nitrogen and oxygen atoms in total. The van der Waals surface area contributed by atoms with Gasteiger partial charge in [-0.2, -0.15) is 0 Å². The van der Waals surface area contributed by atoms with E-state index in [1.165, 1.54) is 18.0 Å². The molecule has 19 heavy (non-hydrogen) atoms. The Kier molecular flexibility index (Phi) is 3.90. The van der Waals surface area contributed by atoms with Gasteiger partial charge in [-0.15, -0.1) is 0 Å². The first-order valence-corrected chi connectivity index (χ1v) is 6.26. The summed E-state index contributed by atoms with van der Waals surface area (Å²) in [7, 11) is 0. The predicted octanol–water partition coefficient (Wildman–Crippen LogP) is 3.16. The van der Waals surface area contributed by atoms with Gasteiger partial charge in [0.1, 0.15) is 5.69 Å². The molecule has 0 aliphatic rings. The maximum absolute atomic E-state index is 12.0. The first kappa shape index (κ1) is 13.2. The zero-order valence-corrected chi connectivity index (χ0v) is 11.3. The molecular weight excluding hydrogens is 238 g/mol. The summed E-state index contributed by atoms with van der Waals surface area (Å²) in [6, 6.07) is 6.11. The Morgan fingerprint density at radius 1 is 1.26 bits per heavy atom. The second-order valence-corrected chi connectivity index (χ2v) is 4.77. The van der Waals surface area contributed by atoms with E-state index in [-0.39, 0.29) is 5.91 Å². The SMILES string of the molecule is Cc1ccc(C(C)C)cc1NC(=O)c1cnccn1. The molecule has 0 aliphatic carbocycles. The fourth-order valence-corrected chi connectivity index (χ4v) is 1.74. The molecular formula is C15H17N3O. The van der Waals surface area contributed by atoms with Crippen LogP contribution in [0, 0.1) is 6.92 Å². The molecule has 2 rings (SSSR count). The van der Waals surface area contributed by atoms with Gasteiger partial charge in [0.15, 0.2) is 0 Å². The topological polar surface area (TPSA) is 54.9 Å². The number of benzene rings is 1.